The van der Waals surface area contributed by atoms with Crippen molar-refractivity contribution in [3.05, 3.63) is 60.1 Å². The lowest BCUT2D eigenvalue weighted by molar-refractivity contribution is -0.121. The molecule has 2 aromatic heterocycles. The summed E-state index contributed by atoms with van der Waals surface area (Å²) in [5.74, 6) is 0.691. The number of ether oxygens (including phenoxy) is 1. The molecule has 3 aromatic rings. The van der Waals surface area contributed by atoms with Gasteiger partial charge in [-0.3, -0.25) is 14.6 Å². The van der Waals surface area contributed by atoms with Gasteiger partial charge in [0.05, 0.1) is 19.8 Å². The summed E-state index contributed by atoms with van der Waals surface area (Å²) in [6.45, 7) is 1.25. The van der Waals surface area contributed by atoms with Crippen LogP contribution in [-0.4, -0.2) is 47.9 Å². The van der Waals surface area contributed by atoms with E-state index >= 15 is 0 Å². The van der Waals surface area contributed by atoms with Crippen molar-refractivity contribution < 1.29 is 18.7 Å². The molecular formula is C22H23N3O4. The van der Waals surface area contributed by atoms with Crippen molar-refractivity contribution in [1.29, 1.82) is 0 Å². The van der Waals surface area contributed by atoms with Crippen LogP contribution in [0.25, 0.3) is 11.0 Å². The Balaban J connectivity index is 1.31. The van der Waals surface area contributed by atoms with Gasteiger partial charge in [-0.1, -0.05) is 0 Å². The van der Waals surface area contributed by atoms with Gasteiger partial charge >= 0.3 is 0 Å². The molecule has 0 aliphatic carbocycles. The second-order valence-electron chi connectivity index (χ2n) is 7.17. The van der Waals surface area contributed by atoms with Crippen molar-refractivity contribution in [3.8, 4) is 5.75 Å². The first kappa shape index (κ1) is 19.0. The Morgan fingerprint density at radius 2 is 1.97 bits per heavy atom. The average molecular weight is 393 g/mol. The number of hydrogen-bond donors (Lipinski definition) is 1. The van der Waals surface area contributed by atoms with Gasteiger partial charge in [0.2, 0.25) is 5.91 Å². The summed E-state index contributed by atoms with van der Waals surface area (Å²) < 4.78 is 10.8. The van der Waals surface area contributed by atoms with Crippen LogP contribution in [0.5, 0.6) is 5.75 Å². The predicted octanol–water partition coefficient (Wildman–Crippen LogP) is 2.80. The highest BCUT2D eigenvalue weighted by Crippen LogP contribution is 2.26. The average Bonchev–Trinajstić information content (AvgIpc) is 3.16. The normalized spacial score (nSPS) is 14.7. The van der Waals surface area contributed by atoms with Gasteiger partial charge in [-0.2, -0.15) is 0 Å². The fraction of sp³-hybridized carbons (Fsp3) is 0.318. The number of rotatable bonds is 5. The van der Waals surface area contributed by atoms with Gasteiger partial charge in [0.1, 0.15) is 11.3 Å². The van der Waals surface area contributed by atoms with E-state index in [4.69, 9.17) is 9.15 Å². The zero-order chi connectivity index (χ0) is 20.2. The number of fused-ring (bicyclic) bond motifs is 1. The summed E-state index contributed by atoms with van der Waals surface area (Å²) >= 11 is 0. The molecule has 1 aliphatic heterocycles. The number of likely N-dealkylation sites (tertiary alicyclic amines) is 1. The Labute approximate surface area is 168 Å². The molecule has 4 rings (SSSR count). The monoisotopic (exact) mass is 393 g/mol. The second kappa shape index (κ2) is 8.34. The Bertz CT molecular complexity index is 1010. The summed E-state index contributed by atoms with van der Waals surface area (Å²) in [6, 6.07) is 9.09. The van der Waals surface area contributed by atoms with E-state index in [0.29, 0.717) is 24.2 Å². The SMILES string of the molecule is COc1ccc2c(CC(=O)NC3CCN(C(=O)c4ccncc4)CC3)coc2c1. The topological polar surface area (TPSA) is 84.7 Å². The molecule has 1 aromatic carbocycles. The second-order valence-corrected chi connectivity index (χ2v) is 7.17. The van der Waals surface area contributed by atoms with Gasteiger partial charge in [-0.05, 0) is 37.1 Å². The first-order valence-electron chi connectivity index (χ1n) is 9.67. The van der Waals surface area contributed by atoms with E-state index in [9.17, 15) is 9.59 Å². The minimum atomic E-state index is -0.0394. The third-order valence-corrected chi connectivity index (χ3v) is 5.29. The minimum Gasteiger partial charge on any atom is -0.497 e. The van der Waals surface area contributed by atoms with Crippen LogP contribution in [0.2, 0.25) is 0 Å². The lowest BCUT2D eigenvalue weighted by Crippen LogP contribution is -2.46. The van der Waals surface area contributed by atoms with Crippen LogP contribution in [0.15, 0.2) is 53.4 Å². The molecule has 1 N–H and O–H groups in total. The molecule has 0 unspecified atom stereocenters. The molecule has 1 fully saturated rings. The summed E-state index contributed by atoms with van der Waals surface area (Å²) in [5, 5.41) is 4.01. The number of amides is 2. The number of pyridine rings is 1. The Hall–Kier alpha value is -3.35. The maximum atomic E-state index is 12.5. The number of carbonyl (C=O) groups is 2. The number of methoxy groups -OCH3 is 1. The summed E-state index contributed by atoms with van der Waals surface area (Å²) in [7, 11) is 1.61. The number of carbonyl (C=O) groups excluding carboxylic acids is 2. The molecule has 150 valence electrons. The Morgan fingerprint density at radius 1 is 1.21 bits per heavy atom. The number of nitrogens with zero attached hydrogens (tertiary/aromatic N) is 2. The molecule has 0 bridgehead atoms. The molecule has 0 saturated carbocycles. The largest absolute Gasteiger partial charge is 0.497 e. The van der Waals surface area contributed by atoms with Crippen molar-refractivity contribution in [3.63, 3.8) is 0 Å². The number of hydrogen-bond acceptors (Lipinski definition) is 5. The van der Waals surface area contributed by atoms with Gasteiger partial charge in [0.15, 0.2) is 0 Å². The standard InChI is InChI=1S/C22H23N3O4/c1-28-18-2-3-19-16(14-29-20(19)13-18)12-21(26)24-17-6-10-25(11-7-17)22(27)15-4-8-23-9-5-15/h2-5,8-9,13-14,17H,6-7,10-12H2,1H3,(H,24,26). The highest BCUT2D eigenvalue weighted by atomic mass is 16.5. The first-order valence-corrected chi connectivity index (χ1v) is 9.67. The van der Waals surface area contributed by atoms with Gasteiger partial charge in [-0.25, -0.2) is 0 Å². The zero-order valence-corrected chi connectivity index (χ0v) is 16.3. The molecule has 0 radical (unpaired) electrons. The molecule has 29 heavy (non-hydrogen) atoms. The van der Waals surface area contributed by atoms with E-state index in [2.05, 4.69) is 10.3 Å². The quantitative estimate of drug-likeness (QED) is 0.721. The number of benzene rings is 1. The number of aromatic nitrogens is 1. The van der Waals surface area contributed by atoms with Crippen molar-refractivity contribution in [2.75, 3.05) is 20.2 Å². The highest BCUT2D eigenvalue weighted by molar-refractivity contribution is 5.94. The minimum absolute atomic E-state index is 0.0115. The molecule has 3 heterocycles. The number of furan rings is 1. The summed E-state index contributed by atoms with van der Waals surface area (Å²) in [5.41, 5.74) is 2.20. The van der Waals surface area contributed by atoms with Crippen molar-refractivity contribution in [2.24, 2.45) is 0 Å². The number of nitrogens with one attached hydrogen (secondary N) is 1. The highest BCUT2D eigenvalue weighted by Gasteiger charge is 2.25. The fourth-order valence-electron chi connectivity index (χ4n) is 3.68. The van der Waals surface area contributed by atoms with Crippen molar-refractivity contribution in [2.45, 2.75) is 25.3 Å². The van der Waals surface area contributed by atoms with Gasteiger partial charge in [0, 0.05) is 54.1 Å². The van der Waals surface area contributed by atoms with Crippen LogP contribution >= 0.6 is 0 Å². The maximum absolute atomic E-state index is 12.5. The maximum Gasteiger partial charge on any atom is 0.253 e. The van der Waals surface area contributed by atoms with E-state index in [1.807, 2.05) is 23.1 Å². The molecule has 1 aliphatic rings. The van der Waals surface area contributed by atoms with Gasteiger partial charge in [0.25, 0.3) is 5.91 Å². The predicted molar refractivity (Wildman–Crippen MR) is 108 cm³/mol. The molecule has 0 spiro atoms. The Morgan fingerprint density at radius 3 is 2.69 bits per heavy atom. The molecule has 1 saturated heterocycles. The van der Waals surface area contributed by atoms with E-state index < -0.39 is 0 Å². The van der Waals surface area contributed by atoms with Gasteiger partial charge in [-0.15, -0.1) is 0 Å². The lowest BCUT2D eigenvalue weighted by atomic mass is 10.0. The van der Waals surface area contributed by atoms with E-state index in [1.165, 1.54) is 0 Å². The molecular weight excluding hydrogens is 370 g/mol. The van der Waals surface area contributed by atoms with Crippen molar-refractivity contribution >= 4 is 22.8 Å². The molecule has 7 nitrogen and oxygen atoms in total. The summed E-state index contributed by atoms with van der Waals surface area (Å²) in [4.78, 5) is 30.8. The lowest BCUT2D eigenvalue weighted by Gasteiger charge is -2.32. The first-order chi connectivity index (χ1) is 14.1. The summed E-state index contributed by atoms with van der Waals surface area (Å²) in [6.07, 6.45) is 6.61. The molecule has 0 atom stereocenters. The van der Waals surface area contributed by atoms with Crippen LogP contribution < -0.4 is 10.1 Å². The molecule has 7 heteroatoms. The van der Waals surface area contributed by atoms with E-state index in [1.54, 1.807) is 37.9 Å². The smallest absolute Gasteiger partial charge is 0.253 e. The van der Waals surface area contributed by atoms with Crippen LogP contribution in [0.4, 0.5) is 0 Å². The van der Waals surface area contributed by atoms with Crippen LogP contribution in [-0.2, 0) is 11.2 Å². The van der Waals surface area contributed by atoms with E-state index in [-0.39, 0.29) is 24.3 Å². The van der Waals surface area contributed by atoms with Crippen molar-refractivity contribution in [1.82, 2.24) is 15.2 Å². The van der Waals surface area contributed by atoms with Gasteiger partial charge < -0.3 is 19.4 Å². The zero-order valence-electron chi connectivity index (χ0n) is 16.3. The van der Waals surface area contributed by atoms with E-state index in [0.717, 1.165) is 29.5 Å². The Kier molecular flexibility index (Phi) is 5.46. The van der Waals surface area contributed by atoms with Crippen LogP contribution in [0.1, 0.15) is 28.8 Å². The third kappa shape index (κ3) is 4.23. The fourth-order valence-corrected chi connectivity index (χ4v) is 3.68. The third-order valence-electron chi connectivity index (χ3n) is 5.29. The van der Waals surface area contributed by atoms with Crippen LogP contribution in [0.3, 0.4) is 0 Å². The number of piperidine rings is 1. The van der Waals surface area contributed by atoms with Crippen LogP contribution in [0, 0.1) is 0 Å². The molecule has 2 amide bonds.